The standard InChI is InChI=1S/C15H17ClN4/c1-3-8-17-14-9-11(2)19-15(20-14)18-10-12-4-6-13(16)7-5-12/h3-7,9H,1,8,10H2,2H3,(H2,17,18,19,20). The fraction of sp³-hybridized carbons (Fsp3) is 0.200. The number of hydrogen-bond donors (Lipinski definition) is 2. The summed E-state index contributed by atoms with van der Waals surface area (Å²) in [7, 11) is 0. The first-order valence-corrected chi connectivity index (χ1v) is 6.74. The average Bonchev–Trinajstić information content (AvgIpc) is 2.44. The molecule has 0 aliphatic heterocycles. The normalized spacial score (nSPS) is 10.1. The maximum Gasteiger partial charge on any atom is 0.225 e. The van der Waals surface area contributed by atoms with Gasteiger partial charge in [-0.1, -0.05) is 29.8 Å². The third-order valence-electron chi connectivity index (χ3n) is 2.65. The first-order valence-electron chi connectivity index (χ1n) is 6.36. The Morgan fingerprint density at radius 3 is 2.65 bits per heavy atom. The Balaban J connectivity index is 2.03. The molecule has 0 unspecified atom stereocenters. The number of nitrogens with one attached hydrogen (secondary N) is 2. The molecule has 1 aromatic heterocycles. The van der Waals surface area contributed by atoms with E-state index in [2.05, 4.69) is 27.2 Å². The molecule has 0 radical (unpaired) electrons. The Hall–Kier alpha value is -2.07. The Morgan fingerprint density at radius 2 is 1.95 bits per heavy atom. The minimum atomic E-state index is 0.603. The molecule has 1 heterocycles. The summed E-state index contributed by atoms with van der Waals surface area (Å²) >= 11 is 5.86. The molecule has 0 aliphatic carbocycles. The van der Waals surface area contributed by atoms with Gasteiger partial charge in [-0.25, -0.2) is 4.98 Å². The number of aryl methyl sites for hydroxylation is 1. The molecular formula is C15H17ClN4. The summed E-state index contributed by atoms with van der Waals surface area (Å²) in [5, 5.41) is 7.09. The van der Waals surface area contributed by atoms with Gasteiger partial charge in [0.2, 0.25) is 5.95 Å². The predicted octanol–water partition coefficient (Wildman–Crippen LogP) is 3.65. The van der Waals surface area contributed by atoms with Crippen LogP contribution >= 0.6 is 11.6 Å². The quantitative estimate of drug-likeness (QED) is 0.797. The summed E-state index contributed by atoms with van der Waals surface area (Å²) in [5.74, 6) is 1.39. The molecule has 0 amide bonds. The summed E-state index contributed by atoms with van der Waals surface area (Å²) in [6, 6.07) is 9.58. The van der Waals surface area contributed by atoms with Crippen LogP contribution in [0.25, 0.3) is 0 Å². The van der Waals surface area contributed by atoms with Crippen LogP contribution in [0.3, 0.4) is 0 Å². The number of rotatable bonds is 6. The van der Waals surface area contributed by atoms with Crippen molar-refractivity contribution in [2.45, 2.75) is 13.5 Å². The Morgan fingerprint density at radius 1 is 1.20 bits per heavy atom. The van der Waals surface area contributed by atoms with Crippen LogP contribution in [0.5, 0.6) is 0 Å². The zero-order valence-corrected chi connectivity index (χ0v) is 12.1. The van der Waals surface area contributed by atoms with Crippen LogP contribution < -0.4 is 10.6 Å². The maximum absolute atomic E-state index is 5.86. The lowest BCUT2D eigenvalue weighted by molar-refractivity contribution is 1.03. The van der Waals surface area contributed by atoms with Gasteiger partial charge in [-0.05, 0) is 24.6 Å². The van der Waals surface area contributed by atoms with Crippen molar-refractivity contribution in [3.8, 4) is 0 Å². The molecule has 0 saturated heterocycles. The van der Waals surface area contributed by atoms with Gasteiger partial charge in [0.05, 0.1) is 0 Å². The molecule has 2 aromatic rings. The van der Waals surface area contributed by atoms with Crippen molar-refractivity contribution in [1.29, 1.82) is 0 Å². The van der Waals surface area contributed by atoms with Gasteiger partial charge in [-0.15, -0.1) is 6.58 Å². The number of anilines is 2. The highest BCUT2D eigenvalue weighted by molar-refractivity contribution is 6.30. The summed E-state index contributed by atoms with van der Waals surface area (Å²) in [6.45, 7) is 6.94. The highest BCUT2D eigenvalue weighted by Crippen LogP contribution is 2.12. The molecule has 0 fully saturated rings. The zero-order valence-electron chi connectivity index (χ0n) is 11.4. The molecule has 5 heteroatoms. The van der Waals surface area contributed by atoms with Gasteiger partial charge in [0.25, 0.3) is 0 Å². The molecule has 0 bridgehead atoms. The highest BCUT2D eigenvalue weighted by atomic mass is 35.5. The fourth-order valence-corrected chi connectivity index (χ4v) is 1.82. The Labute approximate surface area is 123 Å². The second kappa shape index (κ2) is 6.91. The van der Waals surface area contributed by atoms with Crippen molar-refractivity contribution in [2.24, 2.45) is 0 Å². The maximum atomic E-state index is 5.86. The summed E-state index contributed by atoms with van der Waals surface area (Å²) in [6.07, 6.45) is 1.79. The van der Waals surface area contributed by atoms with Gasteiger partial charge in [0.15, 0.2) is 0 Å². The number of aromatic nitrogens is 2. The van der Waals surface area contributed by atoms with Crippen LogP contribution in [-0.2, 0) is 6.54 Å². The van der Waals surface area contributed by atoms with Crippen LogP contribution in [0, 0.1) is 6.92 Å². The van der Waals surface area contributed by atoms with E-state index in [9.17, 15) is 0 Å². The molecule has 0 aliphatic rings. The first kappa shape index (κ1) is 14.3. The van der Waals surface area contributed by atoms with E-state index in [1.54, 1.807) is 6.08 Å². The van der Waals surface area contributed by atoms with Crippen molar-refractivity contribution in [3.63, 3.8) is 0 Å². The van der Waals surface area contributed by atoms with Crippen molar-refractivity contribution < 1.29 is 0 Å². The van der Waals surface area contributed by atoms with E-state index in [-0.39, 0.29) is 0 Å². The van der Waals surface area contributed by atoms with E-state index in [4.69, 9.17) is 11.6 Å². The van der Waals surface area contributed by atoms with Crippen LogP contribution in [0.15, 0.2) is 43.0 Å². The van der Waals surface area contributed by atoms with Gasteiger partial charge in [0, 0.05) is 29.9 Å². The number of hydrogen-bond acceptors (Lipinski definition) is 4. The third kappa shape index (κ3) is 4.24. The van der Waals surface area contributed by atoms with Crippen molar-refractivity contribution in [3.05, 3.63) is 59.3 Å². The van der Waals surface area contributed by atoms with Crippen molar-refractivity contribution >= 4 is 23.4 Å². The average molecular weight is 289 g/mol. The molecule has 20 heavy (non-hydrogen) atoms. The molecular weight excluding hydrogens is 272 g/mol. The van der Waals surface area contributed by atoms with Gasteiger partial charge in [-0.2, -0.15) is 4.98 Å². The topological polar surface area (TPSA) is 49.8 Å². The van der Waals surface area contributed by atoms with Crippen LogP contribution in [0.1, 0.15) is 11.3 Å². The molecule has 0 spiro atoms. The van der Waals surface area contributed by atoms with Gasteiger partial charge in [-0.3, -0.25) is 0 Å². The van der Waals surface area contributed by atoms with E-state index in [0.717, 1.165) is 22.1 Å². The second-order valence-corrected chi connectivity index (χ2v) is 4.80. The van der Waals surface area contributed by atoms with Crippen LogP contribution in [0.4, 0.5) is 11.8 Å². The number of halogens is 1. The smallest absolute Gasteiger partial charge is 0.225 e. The van der Waals surface area contributed by atoms with Crippen molar-refractivity contribution in [1.82, 2.24) is 9.97 Å². The lowest BCUT2D eigenvalue weighted by Crippen LogP contribution is -2.07. The van der Waals surface area contributed by atoms with E-state index >= 15 is 0 Å². The lowest BCUT2D eigenvalue weighted by Gasteiger charge is -2.09. The minimum absolute atomic E-state index is 0.603. The molecule has 2 N–H and O–H groups in total. The predicted molar refractivity (Wildman–Crippen MR) is 84.2 cm³/mol. The summed E-state index contributed by atoms with van der Waals surface area (Å²) in [4.78, 5) is 8.76. The van der Waals surface area contributed by atoms with Gasteiger partial charge in [0.1, 0.15) is 5.82 Å². The van der Waals surface area contributed by atoms with E-state index in [1.807, 2.05) is 37.3 Å². The Bertz CT molecular complexity index is 581. The number of nitrogens with zero attached hydrogens (tertiary/aromatic N) is 2. The second-order valence-electron chi connectivity index (χ2n) is 4.37. The highest BCUT2D eigenvalue weighted by Gasteiger charge is 2.01. The molecule has 104 valence electrons. The third-order valence-corrected chi connectivity index (χ3v) is 2.90. The Kier molecular flexibility index (Phi) is 4.96. The molecule has 0 saturated carbocycles. The number of benzene rings is 1. The monoisotopic (exact) mass is 288 g/mol. The fourth-order valence-electron chi connectivity index (χ4n) is 1.70. The lowest BCUT2D eigenvalue weighted by atomic mass is 10.2. The minimum Gasteiger partial charge on any atom is -0.366 e. The zero-order chi connectivity index (χ0) is 14.4. The van der Waals surface area contributed by atoms with E-state index < -0.39 is 0 Å². The SMILES string of the molecule is C=CCNc1cc(C)nc(NCc2ccc(Cl)cc2)n1. The first-order chi connectivity index (χ1) is 9.67. The van der Waals surface area contributed by atoms with Crippen LogP contribution in [0.2, 0.25) is 5.02 Å². The molecule has 4 nitrogen and oxygen atoms in total. The molecule has 1 aromatic carbocycles. The summed E-state index contributed by atoms with van der Waals surface area (Å²) in [5.41, 5.74) is 2.03. The van der Waals surface area contributed by atoms with E-state index in [1.165, 1.54) is 0 Å². The summed E-state index contributed by atoms with van der Waals surface area (Å²) < 4.78 is 0. The van der Waals surface area contributed by atoms with Gasteiger partial charge < -0.3 is 10.6 Å². The van der Waals surface area contributed by atoms with E-state index in [0.29, 0.717) is 19.0 Å². The van der Waals surface area contributed by atoms with Crippen LogP contribution in [-0.4, -0.2) is 16.5 Å². The van der Waals surface area contributed by atoms with Gasteiger partial charge >= 0.3 is 0 Å². The molecule has 0 atom stereocenters. The molecule has 2 rings (SSSR count). The van der Waals surface area contributed by atoms with Crippen molar-refractivity contribution in [2.75, 3.05) is 17.2 Å². The largest absolute Gasteiger partial charge is 0.366 e.